The smallest absolute Gasteiger partial charge is 0.150 e. The number of nitrogens with one attached hydrogen (secondary N) is 2. The predicted octanol–water partition coefficient (Wildman–Crippen LogP) is 3.24. The van der Waals surface area contributed by atoms with Crippen molar-refractivity contribution in [2.75, 3.05) is 5.09 Å². The maximum atomic E-state index is 10.8. The summed E-state index contributed by atoms with van der Waals surface area (Å²) in [6.07, 6.45) is 1.32. The van der Waals surface area contributed by atoms with Crippen LogP contribution >= 0.6 is 28.4 Å². The first kappa shape index (κ1) is 11.6. The maximum absolute atomic E-state index is 10.8. The van der Waals surface area contributed by atoms with E-state index < -0.39 is 0 Å². The zero-order valence-electron chi connectivity index (χ0n) is 7.60. The molecule has 5 heteroatoms. The number of rotatable bonds is 4. The van der Waals surface area contributed by atoms with Crippen LogP contribution in [0.15, 0.2) is 18.2 Å². The molecule has 1 aromatic carbocycles. The summed E-state index contributed by atoms with van der Waals surface area (Å²) in [7, 11) is 0. The van der Waals surface area contributed by atoms with Gasteiger partial charge in [-0.05, 0) is 35.0 Å². The minimum absolute atomic E-state index is 0.407. The van der Waals surface area contributed by atoms with E-state index in [1.807, 2.05) is 12.1 Å². The van der Waals surface area contributed by atoms with E-state index in [0.29, 0.717) is 23.2 Å². The van der Waals surface area contributed by atoms with Crippen LogP contribution in [0.2, 0.25) is 0 Å². The Morgan fingerprint density at radius 3 is 2.86 bits per heavy atom. The zero-order valence-corrected chi connectivity index (χ0v) is 10.8. The molecule has 1 rings (SSSR count). The Hall–Kier alpha value is -0.480. The molecule has 0 bridgehead atoms. The van der Waals surface area contributed by atoms with Gasteiger partial charge in [-0.1, -0.05) is 12.1 Å². The molecule has 0 fully saturated rings. The average molecular weight is 320 g/mol. The molecule has 1 unspecified atom stereocenters. The van der Waals surface area contributed by atoms with Crippen LogP contribution in [0.3, 0.4) is 0 Å². The number of anilines is 1. The SMILES string of the molecule is CC(=N)c1c(C=O)cccc1NPI. The fraction of sp³-hybridized carbons (Fsp3) is 0.111. The van der Waals surface area contributed by atoms with Crippen molar-refractivity contribution >= 4 is 46.1 Å². The van der Waals surface area contributed by atoms with Crippen LogP contribution < -0.4 is 5.09 Å². The molecule has 0 aliphatic heterocycles. The van der Waals surface area contributed by atoms with Crippen molar-refractivity contribution in [2.24, 2.45) is 0 Å². The average Bonchev–Trinajstić information content (AvgIpc) is 2.17. The van der Waals surface area contributed by atoms with Crippen LogP contribution in [0.25, 0.3) is 0 Å². The summed E-state index contributed by atoms with van der Waals surface area (Å²) in [5.74, 6) is 0. The largest absolute Gasteiger partial charge is 0.358 e. The summed E-state index contributed by atoms with van der Waals surface area (Å²) in [6, 6.07) is 5.42. The van der Waals surface area contributed by atoms with Crippen molar-refractivity contribution in [2.45, 2.75) is 6.92 Å². The molecule has 14 heavy (non-hydrogen) atoms. The second-order valence-electron chi connectivity index (χ2n) is 2.73. The molecule has 0 aromatic heterocycles. The Kier molecular flexibility index (Phi) is 4.48. The Balaban J connectivity index is 3.27. The lowest BCUT2D eigenvalue weighted by Crippen LogP contribution is -2.02. The predicted molar refractivity (Wildman–Crippen MR) is 70.3 cm³/mol. The van der Waals surface area contributed by atoms with Crippen LogP contribution in [-0.4, -0.2) is 12.0 Å². The third-order valence-corrected chi connectivity index (χ3v) is 2.95. The molecule has 0 saturated heterocycles. The minimum atomic E-state index is 0.407. The van der Waals surface area contributed by atoms with Gasteiger partial charge >= 0.3 is 0 Å². The summed E-state index contributed by atoms with van der Waals surface area (Å²) in [6.45, 7) is 1.68. The van der Waals surface area contributed by atoms with Gasteiger partial charge in [-0.15, -0.1) is 0 Å². The first-order valence-electron chi connectivity index (χ1n) is 3.96. The van der Waals surface area contributed by atoms with Crippen LogP contribution in [0, 0.1) is 5.41 Å². The molecule has 0 amide bonds. The molecule has 1 atom stereocenters. The fourth-order valence-electron chi connectivity index (χ4n) is 1.24. The minimum Gasteiger partial charge on any atom is -0.358 e. The van der Waals surface area contributed by atoms with Gasteiger partial charge in [0.15, 0.2) is 6.29 Å². The van der Waals surface area contributed by atoms with Crippen molar-refractivity contribution in [3.05, 3.63) is 29.3 Å². The van der Waals surface area contributed by atoms with Gasteiger partial charge in [0.1, 0.15) is 0 Å². The van der Waals surface area contributed by atoms with E-state index in [1.54, 1.807) is 13.0 Å². The number of carbonyl (C=O) groups excluding carboxylic acids is 1. The highest BCUT2D eigenvalue weighted by atomic mass is 127. The number of hydrogen-bond donors (Lipinski definition) is 2. The van der Waals surface area contributed by atoms with E-state index >= 15 is 0 Å². The second kappa shape index (κ2) is 5.41. The van der Waals surface area contributed by atoms with Crippen molar-refractivity contribution < 1.29 is 4.79 Å². The molecule has 1 aromatic rings. The normalized spacial score (nSPS) is 10.4. The van der Waals surface area contributed by atoms with Gasteiger partial charge in [-0.3, -0.25) is 4.79 Å². The lowest BCUT2D eigenvalue weighted by molar-refractivity contribution is 0.112. The van der Waals surface area contributed by atoms with E-state index in [-0.39, 0.29) is 0 Å². The van der Waals surface area contributed by atoms with E-state index in [1.165, 1.54) is 0 Å². The van der Waals surface area contributed by atoms with Gasteiger partial charge in [0.05, 0.1) is 0 Å². The Bertz CT molecular complexity index is 368. The number of hydrogen-bond acceptors (Lipinski definition) is 3. The number of carbonyl (C=O) groups is 1. The standard InChI is InChI=1S/C9H10IN2OP/c1-6(11)9-7(5-13)3-2-4-8(9)12-14-10/h2-5,11-12,14H,1H3. The van der Waals surface area contributed by atoms with Gasteiger partial charge in [-0.25, -0.2) is 0 Å². The first-order chi connectivity index (χ1) is 6.70. The molecule has 0 heterocycles. The zero-order chi connectivity index (χ0) is 10.6. The Labute approximate surface area is 97.5 Å². The summed E-state index contributed by atoms with van der Waals surface area (Å²) < 4.78 is 0. The third kappa shape index (κ3) is 2.51. The topological polar surface area (TPSA) is 53.0 Å². The molecule has 0 saturated carbocycles. The molecule has 3 nitrogen and oxygen atoms in total. The van der Waals surface area contributed by atoms with Gasteiger partial charge in [0.2, 0.25) is 0 Å². The van der Waals surface area contributed by atoms with Crippen molar-refractivity contribution in [3.63, 3.8) is 0 Å². The lowest BCUT2D eigenvalue weighted by atomic mass is 10.0. The van der Waals surface area contributed by atoms with E-state index in [0.717, 1.165) is 12.0 Å². The van der Waals surface area contributed by atoms with Gasteiger partial charge in [0, 0.05) is 28.9 Å². The van der Waals surface area contributed by atoms with E-state index in [9.17, 15) is 4.79 Å². The quantitative estimate of drug-likeness (QED) is 0.387. The molecule has 0 aliphatic carbocycles. The van der Waals surface area contributed by atoms with Crippen LogP contribution in [-0.2, 0) is 0 Å². The monoisotopic (exact) mass is 320 g/mol. The van der Waals surface area contributed by atoms with Gasteiger partial charge < -0.3 is 10.5 Å². The highest BCUT2D eigenvalue weighted by Crippen LogP contribution is 2.28. The van der Waals surface area contributed by atoms with Crippen molar-refractivity contribution in [1.82, 2.24) is 0 Å². The molecule has 0 spiro atoms. The van der Waals surface area contributed by atoms with E-state index in [2.05, 4.69) is 27.1 Å². The summed E-state index contributed by atoms with van der Waals surface area (Å²) in [5, 5.41) is 10.7. The number of benzene rings is 1. The summed E-state index contributed by atoms with van der Waals surface area (Å²) >= 11 is 2.21. The van der Waals surface area contributed by atoms with Crippen LogP contribution in [0.4, 0.5) is 5.69 Å². The van der Waals surface area contributed by atoms with Crippen LogP contribution in [0.5, 0.6) is 0 Å². The molecular weight excluding hydrogens is 310 g/mol. The number of halogens is 1. The van der Waals surface area contributed by atoms with Crippen molar-refractivity contribution in [3.8, 4) is 0 Å². The lowest BCUT2D eigenvalue weighted by Gasteiger charge is -2.10. The fourth-order valence-corrected chi connectivity index (χ4v) is 2.42. The molecular formula is C9H10IN2OP. The number of aldehydes is 1. The summed E-state index contributed by atoms with van der Waals surface area (Å²) in [4.78, 5) is 10.8. The Morgan fingerprint density at radius 2 is 2.36 bits per heavy atom. The highest BCUT2D eigenvalue weighted by molar-refractivity contribution is 14.2. The Morgan fingerprint density at radius 1 is 1.64 bits per heavy atom. The second-order valence-corrected chi connectivity index (χ2v) is 4.79. The molecule has 0 radical (unpaired) electrons. The maximum Gasteiger partial charge on any atom is 0.150 e. The van der Waals surface area contributed by atoms with Crippen LogP contribution in [0.1, 0.15) is 22.8 Å². The highest BCUT2D eigenvalue weighted by Gasteiger charge is 2.08. The summed E-state index contributed by atoms with van der Waals surface area (Å²) in [5.41, 5.74) is 2.53. The molecule has 74 valence electrons. The first-order valence-corrected chi connectivity index (χ1v) is 8.07. The molecule has 0 aliphatic rings. The molecule has 2 N–H and O–H groups in total. The van der Waals surface area contributed by atoms with Gasteiger partial charge in [0.25, 0.3) is 0 Å². The van der Waals surface area contributed by atoms with Crippen molar-refractivity contribution in [1.29, 1.82) is 5.41 Å². The third-order valence-electron chi connectivity index (χ3n) is 1.78. The van der Waals surface area contributed by atoms with Gasteiger partial charge in [-0.2, -0.15) is 0 Å². The van der Waals surface area contributed by atoms with E-state index in [4.69, 9.17) is 5.41 Å².